The van der Waals surface area contributed by atoms with Crippen LogP contribution in [0.1, 0.15) is 44.5 Å². The number of aromatic nitrogens is 3. The lowest BCUT2D eigenvalue weighted by molar-refractivity contribution is -0.155. The molecule has 2 aromatic heterocycles. The molecule has 1 aliphatic rings. The van der Waals surface area contributed by atoms with E-state index in [1.807, 2.05) is 0 Å². The zero-order valence-corrected chi connectivity index (χ0v) is 24.0. The number of imidazole rings is 1. The van der Waals surface area contributed by atoms with Crippen molar-refractivity contribution in [1.29, 1.82) is 0 Å². The summed E-state index contributed by atoms with van der Waals surface area (Å²) in [6, 6.07) is 4.47. The third kappa shape index (κ3) is 8.25. The Morgan fingerprint density at radius 3 is 2.50 bits per heavy atom. The van der Waals surface area contributed by atoms with Crippen LogP contribution in [0.15, 0.2) is 30.6 Å². The summed E-state index contributed by atoms with van der Waals surface area (Å²) in [5.74, 6) is -0.140. The van der Waals surface area contributed by atoms with Gasteiger partial charge in [0.05, 0.1) is 30.9 Å². The summed E-state index contributed by atoms with van der Waals surface area (Å²) in [6.07, 6.45) is 2.26. The molecule has 11 heteroatoms. The van der Waals surface area contributed by atoms with E-state index in [-0.39, 0.29) is 31.2 Å². The zero-order valence-electron chi connectivity index (χ0n) is 23.0. The van der Waals surface area contributed by atoms with Crippen LogP contribution in [0.3, 0.4) is 0 Å². The minimum atomic E-state index is -4.55. The van der Waals surface area contributed by atoms with Crippen molar-refractivity contribution in [2.24, 2.45) is 5.41 Å². The van der Waals surface area contributed by atoms with Crippen LogP contribution in [0.2, 0.25) is 25.7 Å². The Balaban J connectivity index is 1.68. The quantitative estimate of drug-likeness (QED) is 0.181. The lowest BCUT2D eigenvalue weighted by Crippen LogP contribution is -2.33. The number of pyridine rings is 1. The van der Waals surface area contributed by atoms with Crippen molar-refractivity contribution in [2.45, 2.75) is 77.8 Å². The van der Waals surface area contributed by atoms with E-state index in [1.165, 1.54) is 11.7 Å². The van der Waals surface area contributed by atoms with E-state index in [0.29, 0.717) is 18.6 Å². The molecular weight excluding hydrogens is 515 g/mol. The molecular formula is C27H38F3N3O4Si. The van der Waals surface area contributed by atoms with Crippen LogP contribution < -0.4 is 0 Å². The summed E-state index contributed by atoms with van der Waals surface area (Å²) in [4.78, 5) is 20.2. The maximum atomic E-state index is 13.4. The third-order valence-corrected chi connectivity index (χ3v) is 8.13. The van der Waals surface area contributed by atoms with Crippen molar-refractivity contribution < 1.29 is 32.2 Å². The van der Waals surface area contributed by atoms with Gasteiger partial charge in [-0.15, -0.1) is 0 Å². The molecule has 0 spiro atoms. The van der Waals surface area contributed by atoms with Crippen molar-refractivity contribution in [3.8, 4) is 11.4 Å². The highest BCUT2D eigenvalue weighted by Gasteiger charge is 2.35. The van der Waals surface area contributed by atoms with Crippen LogP contribution in [0.25, 0.3) is 17.0 Å². The molecule has 0 radical (unpaired) electrons. The Kier molecular flexibility index (Phi) is 9.59. The lowest BCUT2D eigenvalue weighted by Gasteiger charge is -2.27. The van der Waals surface area contributed by atoms with Gasteiger partial charge in [-0.1, -0.05) is 25.7 Å². The van der Waals surface area contributed by atoms with Crippen LogP contribution >= 0.6 is 0 Å². The standard InChI is InChI=1S/C27H38F3N3O4Si/c1-26(2,25(34)35-3)17-37-21-10-7-19(8-11-21)22-12-9-20(15-31-22)24-32-23(27(28,29)30)16-33(24)18-36-13-14-38(4,5)6/h7,9,12,15-16,21H,8,10-11,13-14,17-18H2,1-6H3. The number of hydrogen-bond acceptors (Lipinski definition) is 6. The summed E-state index contributed by atoms with van der Waals surface area (Å²) in [6.45, 7) is 11.0. The van der Waals surface area contributed by atoms with Crippen LogP contribution in [-0.2, 0) is 31.9 Å². The smallest absolute Gasteiger partial charge is 0.434 e. The van der Waals surface area contributed by atoms with E-state index >= 15 is 0 Å². The number of alkyl halides is 3. The molecule has 2 heterocycles. The van der Waals surface area contributed by atoms with Gasteiger partial charge in [-0.05, 0) is 56.9 Å². The first-order valence-corrected chi connectivity index (χ1v) is 16.5. The van der Waals surface area contributed by atoms with Gasteiger partial charge in [0.25, 0.3) is 0 Å². The summed E-state index contributed by atoms with van der Waals surface area (Å²) < 4.78 is 58.0. The Hall–Kier alpha value is -2.50. The molecule has 0 aromatic carbocycles. The molecule has 3 rings (SSSR count). The number of carbonyl (C=O) groups is 1. The van der Waals surface area contributed by atoms with Crippen molar-refractivity contribution in [3.05, 3.63) is 42.0 Å². The van der Waals surface area contributed by atoms with E-state index < -0.39 is 25.4 Å². The molecule has 0 saturated heterocycles. The number of allylic oxidation sites excluding steroid dienone is 1. The van der Waals surface area contributed by atoms with Gasteiger partial charge in [-0.3, -0.25) is 9.78 Å². The van der Waals surface area contributed by atoms with Gasteiger partial charge in [-0.25, -0.2) is 4.98 Å². The molecule has 1 aliphatic carbocycles. The average Bonchev–Trinajstić information content (AvgIpc) is 3.30. The minimum Gasteiger partial charge on any atom is -0.469 e. The largest absolute Gasteiger partial charge is 0.469 e. The third-order valence-electron chi connectivity index (χ3n) is 6.43. The van der Waals surface area contributed by atoms with E-state index in [4.69, 9.17) is 14.2 Å². The summed E-state index contributed by atoms with van der Waals surface area (Å²) in [5, 5.41) is 0. The Morgan fingerprint density at radius 1 is 1.21 bits per heavy atom. The number of carbonyl (C=O) groups excluding carboxylic acids is 1. The number of hydrogen-bond donors (Lipinski definition) is 0. The molecule has 1 atom stereocenters. The van der Waals surface area contributed by atoms with Crippen LogP contribution in [-0.4, -0.2) is 55.0 Å². The molecule has 7 nitrogen and oxygen atoms in total. The first-order valence-electron chi connectivity index (χ1n) is 12.8. The highest BCUT2D eigenvalue weighted by atomic mass is 28.3. The second kappa shape index (κ2) is 12.1. The van der Waals surface area contributed by atoms with E-state index in [9.17, 15) is 18.0 Å². The van der Waals surface area contributed by atoms with Crippen LogP contribution in [0.5, 0.6) is 0 Å². The summed E-state index contributed by atoms with van der Waals surface area (Å²) in [5.41, 5.74) is 0.635. The SMILES string of the molecule is COC(=O)C(C)(C)COC1CC=C(c2ccc(-c3nc(C(F)(F)F)cn3COCC[Si](C)(C)C)cn2)CC1. The Bertz CT molecular complexity index is 1120. The number of rotatable bonds is 11. The van der Waals surface area contributed by atoms with Gasteiger partial charge < -0.3 is 18.8 Å². The predicted molar refractivity (Wildman–Crippen MR) is 142 cm³/mol. The molecule has 0 amide bonds. The van der Waals surface area contributed by atoms with Crippen molar-refractivity contribution >= 4 is 19.6 Å². The van der Waals surface area contributed by atoms with Crippen molar-refractivity contribution in [2.75, 3.05) is 20.3 Å². The first-order chi connectivity index (χ1) is 17.7. The molecule has 2 aromatic rings. The van der Waals surface area contributed by atoms with Gasteiger partial charge in [0.15, 0.2) is 5.69 Å². The lowest BCUT2D eigenvalue weighted by atomic mass is 9.93. The van der Waals surface area contributed by atoms with Crippen LogP contribution in [0, 0.1) is 5.41 Å². The maximum absolute atomic E-state index is 13.4. The molecule has 38 heavy (non-hydrogen) atoms. The fourth-order valence-corrected chi connectivity index (χ4v) is 4.75. The van der Waals surface area contributed by atoms with Gasteiger partial charge in [0, 0.05) is 32.6 Å². The van der Waals surface area contributed by atoms with Crippen molar-refractivity contribution in [3.63, 3.8) is 0 Å². The predicted octanol–water partition coefficient (Wildman–Crippen LogP) is 6.43. The fraction of sp³-hybridized carbons (Fsp3) is 0.593. The van der Waals surface area contributed by atoms with Gasteiger partial charge >= 0.3 is 12.1 Å². The average molecular weight is 554 g/mol. The summed E-state index contributed by atoms with van der Waals surface area (Å²) >= 11 is 0. The molecule has 0 N–H and O–H groups in total. The molecule has 0 fully saturated rings. The van der Waals surface area contributed by atoms with E-state index in [0.717, 1.165) is 36.3 Å². The number of methoxy groups -OCH3 is 1. The zero-order chi connectivity index (χ0) is 28.1. The van der Waals surface area contributed by atoms with E-state index in [1.54, 1.807) is 32.2 Å². The van der Waals surface area contributed by atoms with Crippen molar-refractivity contribution in [1.82, 2.24) is 14.5 Å². The topological polar surface area (TPSA) is 75.5 Å². The van der Waals surface area contributed by atoms with Gasteiger partial charge in [-0.2, -0.15) is 13.2 Å². The monoisotopic (exact) mass is 553 g/mol. The second-order valence-corrected chi connectivity index (χ2v) is 17.1. The highest BCUT2D eigenvalue weighted by Crippen LogP contribution is 2.33. The number of ether oxygens (including phenoxy) is 3. The molecule has 1 unspecified atom stereocenters. The second-order valence-electron chi connectivity index (χ2n) is 11.5. The van der Waals surface area contributed by atoms with E-state index in [2.05, 4.69) is 35.7 Å². The molecule has 0 aliphatic heterocycles. The molecule has 0 bridgehead atoms. The molecule has 210 valence electrons. The molecule has 0 saturated carbocycles. The maximum Gasteiger partial charge on any atom is 0.434 e. The highest BCUT2D eigenvalue weighted by molar-refractivity contribution is 6.76. The minimum absolute atomic E-state index is 0.00355. The Labute approximate surface area is 223 Å². The van der Waals surface area contributed by atoms with Gasteiger partial charge in [0.2, 0.25) is 0 Å². The first kappa shape index (κ1) is 30.0. The van der Waals surface area contributed by atoms with Gasteiger partial charge in [0.1, 0.15) is 12.6 Å². The number of nitrogens with zero attached hydrogens (tertiary/aromatic N) is 3. The van der Waals surface area contributed by atoms with Crippen LogP contribution in [0.4, 0.5) is 13.2 Å². The Morgan fingerprint density at radius 2 is 1.95 bits per heavy atom. The normalized spacial score (nSPS) is 16.9. The fourth-order valence-electron chi connectivity index (χ4n) is 3.99. The number of halogens is 3. The summed E-state index contributed by atoms with van der Waals surface area (Å²) in [7, 11) is 0.0487. The number of esters is 1.